The number of thiazole rings is 1. The zero-order valence-electron chi connectivity index (χ0n) is 17.1. The number of anilines is 1. The standard InChI is InChI=1S/C21H21N7OS2/c1-12-25-18(24-10-20-28-27-13(2)31-20)8-19(26-12)29-11-15-7-16(15)17-4-3-14(9-23-17)21-22-5-6-30-21/h3-6,8-9,15-16H,7,10-11H2,1-2H3,(H,24,25,26). The van der Waals surface area contributed by atoms with E-state index in [1.165, 1.54) is 0 Å². The quantitative estimate of drug-likeness (QED) is 0.424. The third-order valence-electron chi connectivity index (χ3n) is 5.02. The number of pyridine rings is 1. The van der Waals surface area contributed by atoms with Crippen molar-refractivity contribution in [1.82, 2.24) is 30.1 Å². The summed E-state index contributed by atoms with van der Waals surface area (Å²) in [6.45, 7) is 5.00. The lowest BCUT2D eigenvalue weighted by Crippen LogP contribution is -2.07. The number of hydrogen-bond acceptors (Lipinski definition) is 10. The molecule has 2 unspecified atom stereocenters. The molecule has 158 valence electrons. The highest BCUT2D eigenvalue weighted by Crippen LogP contribution is 2.47. The van der Waals surface area contributed by atoms with E-state index in [4.69, 9.17) is 4.74 Å². The minimum absolute atomic E-state index is 0.437. The molecule has 1 aliphatic rings. The SMILES string of the molecule is Cc1nc(NCc2nnc(C)s2)cc(OCC2CC2c2ccc(-c3nccs3)cn2)n1. The molecule has 1 N–H and O–H groups in total. The maximum Gasteiger partial charge on any atom is 0.218 e. The van der Waals surface area contributed by atoms with Crippen LogP contribution in [0.5, 0.6) is 5.88 Å². The number of rotatable bonds is 8. The van der Waals surface area contributed by atoms with Gasteiger partial charge in [0.15, 0.2) is 0 Å². The first-order chi connectivity index (χ1) is 15.1. The molecule has 2 atom stereocenters. The van der Waals surface area contributed by atoms with Gasteiger partial charge in [-0.3, -0.25) is 4.98 Å². The monoisotopic (exact) mass is 451 g/mol. The van der Waals surface area contributed by atoms with Crippen LogP contribution in [-0.2, 0) is 6.54 Å². The normalized spacial score (nSPS) is 17.5. The van der Waals surface area contributed by atoms with Gasteiger partial charge in [0.2, 0.25) is 5.88 Å². The van der Waals surface area contributed by atoms with Crippen LogP contribution < -0.4 is 10.1 Å². The molecule has 0 aromatic carbocycles. The Morgan fingerprint density at radius 3 is 2.84 bits per heavy atom. The predicted octanol–water partition coefficient (Wildman–Crippen LogP) is 4.26. The Labute approximate surface area is 187 Å². The van der Waals surface area contributed by atoms with Crippen molar-refractivity contribution in [1.29, 1.82) is 0 Å². The minimum Gasteiger partial charge on any atom is -0.477 e. The summed E-state index contributed by atoms with van der Waals surface area (Å²) in [4.78, 5) is 17.8. The number of nitrogens with zero attached hydrogens (tertiary/aromatic N) is 6. The molecule has 0 spiro atoms. The number of aromatic nitrogens is 6. The molecule has 0 radical (unpaired) electrons. The molecule has 1 saturated carbocycles. The number of ether oxygens (including phenoxy) is 1. The van der Waals surface area contributed by atoms with Gasteiger partial charge >= 0.3 is 0 Å². The summed E-state index contributed by atoms with van der Waals surface area (Å²) in [6.07, 6.45) is 4.81. The topological polar surface area (TPSA) is 98.6 Å². The van der Waals surface area contributed by atoms with Crippen molar-refractivity contribution < 1.29 is 4.74 Å². The molecule has 4 heterocycles. The van der Waals surface area contributed by atoms with Crippen LogP contribution in [0, 0.1) is 19.8 Å². The number of nitrogens with one attached hydrogen (secondary N) is 1. The van der Waals surface area contributed by atoms with Crippen LogP contribution in [0.3, 0.4) is 0 Å². The van der Waals surface area contributed by atoms with E-state index in [0.717, 1.165) is 38.5 Å². The number of aryl methyl sites for hydroxylation is 2. The molecule has 10 heteroatoms. The van der Waals surface area contributed by atoms with Crippen LogP contribution >= 0.6 is 22.7 Å². The van der Waals surface area contributed by atoms with Gasteiger partial charge < -0.3 is 10.1 Å². The van der Waals surface area contributed by atoms with Crippen molar-refractivity contribution in [2.75, 3.05) is 11.9 Å². The predicted molar refractivity (Wildman–Crippen MR) is 120 cm³/mol. The second-order valence-electron chi connectivity index (χ2n) is 7.43. The fourth-order valence-corrected chi connectivity index (χ4v) is 4.66. The van der Waals surface area contributed by atoms with Gasteiger partial charge in [0.1, 0.15) is 26.7 Å². The maximum atomic E-state index is 5.99. The van der Waals surface area contributed by atoms with Crippen LogP contribution in [0.15, 0.2) is 36.0 Å². The summed E-state index contributed by atoms with van der Waals surface area (Å²) in [6, 6.07) is 6.04. The smallest absolute Gasteiger partial charge is 0.218 e. The van der Waals surface area contributed by atoms with Crippen LogP contribution in [0.4, 0.5) is 5.82 Å². The van der Waals surface area contributed by atoms with Crippen molar-refractivity contribution in [3.8, 4) is 16.5 Å². The first-order valence-electron chi connectivity index (χ1n) is 10.0. The summed E-state index contributed by atoms with van der Waals surface area (Å²) in [5.74, 6) is 2.87. The van der Waals surface area contributed by atoms with Crippen LogP contribution in [-0.4, -0.2) is 36.7 Å². The van der Waals surface area contributed by atoms with Crippen molar-refractivity contribution >= 4 is 28.5 Å². The van der Waals surface area contributed by atoms with Crippen LogP contribution in [0.25, 0.3) is 10.6 Å². The van der Waals surface area contributed by atoms with E-state index in [1.54, 1.807) is 22.7 Å². The lowest BCUT2D eigenvalue weighted by molar-refractivity contribution is 0.284. The van der Waals surface area contributed by atoms with Gasteiger partial charge in [-0.2, -0.15) is 4.98 Å². The van der Waals surface area contributed by atoms with Crippen molar-refractivity contribution in [2.24, 2.45) is 5.92 Å². The maximum absolute atomic E-state index is 5.99. The van der Waals surface area contributed by atoms with Gasteiger partial charge in [-0.15, -0.1) is 21.5 Å². The average Bonchev–Trinajstić information content (AvgIpc) is 3.12. The Hall–Kier alpha value is -2.98. The Bertz CT molecular complexity index is 1160. The van der Waals surface area contributed by atoms with Crippen molar-refractivity contribution in [3.63, 3.8) is 0 Å². The molecular formula is C21H21N7OS2. The molecule has 1 fully saturated rings. The third-order valence-corrected chi connectivity index (χ3v) is 6.68. The van der Waals surface area contributed by atoms with Crippen molar-refractivity contribution in [3.05, 3.63) is 57.5 Å². The molecule has 4 aromatic heterocycles. The summed E-state index contributed by atoms with van der Waals surface area (Å²) < 4.78 is 5.99. The Kier molecular flexibility index (Phi) is 5.56. The van der Waals surface area contributed by atoms with Gasteiger partial charge in [-0.25, -0.2) is 9.97 Å². The molecule has 31 heavy (non-hydrogen) atoms. The van der Waals surface area contributed by atoms with Crippen LogP contribution in [0.2, 0.25) is 0 Å². The van der Waals surface area contributed by atoms with Crippen LogP contribution in [0.1, 0.15) is 33.9 Å². The lowest BCUT2D eigenvalue weighted by atomic mass is 10.2. The van der Waals surface area contributed by atoms with Gasteiger partial charge in [0, 0.05) is 46.9 Å². The second kappa shape index (κ2) is 8.64. The van der Waals surface area contributed by atoms with E-state index in [9.17, 15) is 0 Å². The number of hydrogen-bond donors (Lipinski definition) is 1. The Balaban J connectivity index is 1.16. The van der Waals surface area contributed by atoms with E-state index in [1.807, 2.05) is 37.7 Å². The van der Waals surface area contributed by atoms with Gasteiger partial charge in [-0.05, 0) is 32.4 Å². The Morgan fingerprint density at radius 2 is 2.10 bits per heavy atom. The molecular weight excluding hydrogens is 430 g/mol. The largest absolute Gasteiger partial charge is 0.477 e. The van der Waals surface area contributed by atoms with Gasteiger partial charge in [-0.1, -0.05) is 11.3 Å². The van der Waals surface area contributed by atoms with E-state index in [0.29, 0.717) is 36.7 Å². The first-order valence-corrected chi connectivity index (χ1v) is 11.7. The molecule has 4 aromatic rings. The summed E-state index contributed by atoms with van der Waals surface area (Å²) >= 11 is 3.19. The Morgan fingerprint density at radius 1 is 1.16 bits per heavy atom. The second-order valence-corrected chi connectivity index (χ2v) is 9.59. The van der Waals surface area contributed by atoms with E-state index in [2.05, 4.69) is 47.6 Å². The van der Waals surface area contributed by atoms with Gasteiger partial charge in [0.05, 0.1) is 13.2 Å². The minimum atomic E-state index is 0.437. The van der Waals surface area contributed by atoms with E-state index < -0.39 is 0 Å². The fourth-order valence-electron chi connectivity index (χ4n) is 3.38. The zero-order valence-corrected chi connectivity index (χ0v) is 18.8. The summed E-state index contributed by atoms with van der Waals surface area (Å²) in [5.41, 5.74) is 2.18. The molecule has 0 aliphatic heterocycles. The molecule has 0 saturated heterocycles. The van der Waals surface area contributed by atoms with E-state index in [-0.39, 0.29) is 0 Å². The highest BCUT2D eigenvalue weighted by atomic mass is 32.1. The zero-order chi connectivity index (χ0) is 21.2. The molecule has 0 amide bonds. The molecule has 0 bridgehead atoms. The molecule has 1 aliphatic carbocycles. The highest BCUT2D eigenvalue weighted by molar-refractivity contribution is 7.13. The lowest BCUT2D eigenvalue weighted by Gasteiger charge is -2.09. The van der Waals surface area contributed by atoms with Crippen molar-refractivity contribution in [2.45, 2.75) is 32.7 Å². The third kappa shape index (κ3) is 4.86. The molecule has 5 rings (SSSR count). The molecule has 8 nitrogen and oxygen atoms in total. The van der Waals surface area contributed by atoms with Gasteiger partial charge in [0.25, 0.3) is 0 Å². The summed E-state index contributed by atoms with van der Waals surface area (Å²) in [5, 5.41) is 16.3. The fraction of sp³-hybridized carbons (Fsp3) is 0.333. The average molecular weight is 452 g/mol. The van der Waals surface area contributed by atoms with E-state index >= 15 is 0 Å². The highest BCUT2D eigenvalue weighted by Gasteiger charge is 2.40. The first kappa shape index (κ1) is 20.0. The summed E-state index contributed by atoms with van der Waals surface area (Å²) in [7, 11) is 0.